The summed E-state index contributed by atoms with van der Waals surface area (Å²) < 4.78 is 0. The molecule has 22 heavy (non-hydrogen) atoms. The number of nitro benzene ring substituents is 1. The summed E-state index contributed by atoms with van der Waals surface area (Å²) in [5, 5.41) is 15.7. The lowest BCUT2D eigenvalue weighted by Gasteiger charge is -2.05. The molecule has 0 bridgehead atoms. The molecule has 3 rings (SSSR count). The summed E-state index contributed by atoms with van der Waals surface area (Å²) in [4.78, 5) is 29.2. The van der Waals surface area contributed by atoms with Gasteiger partial charge in [0.25, 0.3) is 5.69 Å². The number of rotatable bonds is 3. The molecule has 2 amide bonds. The molecule has 3 N–H and O–H groups in total. The maximum absolute atomic E-state index is 11.9. The van der Waals surface area contributed by atoms with Crippen LogP contribution in [0.3, 0.4) is 0 Å². The van der Waals surface area contributed by atoms with Gasteiger partial charge in [0.1, 0.15) is 0 Å². The van der Waals surface area contributed by atoms with Crippen LogP contribution in [0.4, 0.5) is 22.1 Å². The van der Waals surface area contributed by atoms with Crippen molar-refractivity contribution >= 4 is 34.4 Å². The van der Waals surface area contributed by atoms with Gasteiger partial charge in [-0.2, -0.15) is 0 Å². The van der Waals surface area contributed by atoms with Gasteiger partial charge in [0.15, 0.2) is 0 Å². The van der Waals surface area contributed by atoms with E-state index in [4.69, 9.17) is 0 Å². The highest BCUT2D eigenvalue weighted by molar-refractivity contribution is 5.99. The second kappa shape index (κ2) is 5.52. The molecule has 3 aromatic rings. The summed E-state index contributed by atoms with van der Waals surface area (Å²) in [5.74, 6) is 0.295. The first-order valence-corrected chi connectivity index (χ1v) is 6.39. The van der Waals surface area contributed by atoms with E-state index < -0.39 is 11.0 Å². The molecule has 2 aromatic carbocycles. The van der Waals surface area contributed by atoms with E-state index in [1.54, 1.807) is 6.07 Å². The Morgan fingerprint density at radius 1 is 1.14 bits per heavy atom. The molecule has 8 heteroatoms. The number of nitro groups is 1. The number of hydrogen-bond acceptors (Lipinski definition) is 4. The Hall–Kier alpha value is -3.42. The van der Waals surface area contributed by atoms with Crippen molar-refractivity contribution in [2.75, 3.05) is 10.6 Å². The van der Waals surface area contributed by atoms with Gasteiger partial charge in [-0.25, -0.2) is 9.78 Å². The number of para-hydroxylation sites is 2. The molecule has 0 aliphatic rings. The number of aromatic amines is 1. The van der Waals surface area contributed by atoms with Crippen LogP contribution in [0.25, 0.3) is 11.0 Å². The van der Waals surface area contributed by atoms with Crippen molar-refractivity contribution in [1.29, 1.82) is 0 Å². The van der Waals surface area contributed by atoms with E-state index in [9.17, 15) is 14.9 Å². The van der Waals surface area contributed by atoms with Crippen LogP contribution in [0.2, 0.25) is 0 Å². The zero-order chi connectivity index (χ0) is 15.5. The topological polar surface area (TPSA) is 113 Å². The van der Waals surface area contributed by atoms with E-state index in [1.807, 2.05) is 24.3 Å². The maximum atomic E-state index is 11.9. The number of nitrogens with zero attached hydrogens (tertiary/aromatic N) is 2. The van der Waals surface area contributed by atoms with Gasteiger partial charge in [0.05, 0.1) is 16.0 Å². The molecule has 0 saturated heterocycles. The molecule has 1 aromatic heterocycles. The van der Waals surface area contributed by atoms with Gasteiger partial charge in [-0.1, -0.05) is 18.2 Å². The monoisotopic (exact) mass is 297 g/mol. The predicted molar refractivity (Wildman–Crippen MR) is 81.8 cm³/mol. The van der Waals surface area contributed by atoms with Gasteiger partial charge in [0, 0.05) is 17.8 Å². The van der Waals surface area contributed by atoms with Crippen LogP contribution < -0.4 is 10.6 Å². The summed E-state index contributed by atoms with van der Waals surface area (Å²) in [6, 6.07) is 12.5. The van der Waals surface area contributed by atoms with Crippen LogP contribution in [0.15, 0.2) is 48.5 Å². The van der Waals surface area contributed by atoms with Gasteiger partial charge in [-0.15, -0.1) is 0 Å². The molecule has 0 unspecified atom stereocenters. The summed E-state index contributed by atoms with van der Waals surface area (Å²) in [5.41, 5.74) is 1.76. The number of non-ortho nitro benzene ring substituents is 1. The number of aromatic nitrogens is 2. The maximum Gasteiger partial charge on any atom is 0.326 e. The lowest BCUT2D eigenvalue weighted by atomic mass is 10.3. The van der Waals surface area contributed by atoms with Crippen LogP contribution >= 0.6 is 0 Å². The Kier molecular flexibility index (Phi) is 3.40. The van der Waals surface area contributed by atoms with Crippen molar-refractivity contribution in [1.82, 2.24) is 9.97 Å². The number of urea groups is 1. The van der Waals surface area contributed by atoms with Crippen molar-refractivity contribution in [3.05, 3.63) is 58.6 Å². The Morgan fingerprint density at radius 3 is 2.73 bits per heavy atom. The second-order valence-corrected chi connectivity index (χ2v) is 4.49. The van der Waals surface area contributed by atoms with Crippen LogP contribution in [0.1, 0.15) is 0 Å². The fourth-order valence-electron chi connectivity index (χ4n) is 1.98. The molecule has 0 fully saturated rings. The largest absolute Gasteiger partial charge is 0.326 e. The molecule has 0 aliphatic carbocycles. The first kappa shape index (κ1) is 13.6. The molecule has 8 nitrogen and oxygen atoms in total. The summed E-state index contributed by atoms with van der Waals surface area (Å²) in [6.45, 7) is 0. The van der Waals surface area contributed by atoms with Gasteiger partial charge < -0.3 is 10.3 Å². The average molecular weight is 297 g/mol. The zero-order valence-corrected chi connectivity index (χ0v) is 11.2. The number of hydrogen-bond donors (Lipinski definition) is 3. The fourth-order valence-corrected chi connectivity index (χ4v) is 1.98. The molecule has 0 aliphatic heterocycles. The Balaban J connectivity index is 1.72. The molecule has 0 radical (unpaired) electrons. The Labute approximate surface area is 124 Å². The van der Waals surface area contributed by atoms with E-state index in [1.165, 1.54) is 18.2 Å². The minimum absolute atomic E-state index is 0.0958. The Morgan fingerprint density at radius 2 is 1.95 bits per heavy atom. The minimum Gasteiger partial charge on any atom is -0.324 e. The molecular formula is C14H11N5O3. The van der Waals surface area contributed by atoms with E-state index in [0.29, 0.717) is 11.6 Å². The molecule has 110 valence electrons. The third kappa shape index (κ3) is 2.85. The Bertz CT molecular complexity index is 825. The van der Waals surface area contributed by atoms with Crippen molar-refractivity contribution in [3.8, 4) is 0 Å². The second-order valence-electron chi connectivity index (χ2n) is 4.49. The zero-order valence-electron chi connectivity index (χ0n) is 11.2. The summed E-state index contributed by atoms with van der Waals surface area (Å²) in [6.07, 6.45) is 0. The van der Waals surface area contributed by atoms with Gasteiger partial charge in [-0.3, -0.25) is 15.4 Å². The van der Waals surface area contributed by atoms with Crippen molar-refractivity contribution < 1.29 is 9.72 Å². The fraction of sp³-hybridized carbons (Fsp3) is 0. The molecule has 0 spiro atoms. The number of amides is 2. The van der Waals surface area contributed by atoms with E-state index >= 15 is 0 Å². The quantitative estimate of drug-likeness (QED) is 0.509. The van der Waals surface area contributed by atoms with E-state index in [0.717, 1.165) is 11.0 Å². The van der Waals surface area contributed by atoms with Gasteiger partial charge in [0.2, 0.25) is 5.95 Å². The minimum atomic E-state index is -0.542. The number of anilines is 2. The first-order valence-electron chi connectivity index (χ1n) is 6.39. The van der Waals surface area contributed by atoms with Gasteiger partial charge in [-0.05, 0) is 18.2 Å². The lowest BCUT2D eigenvalue weighted by Crippen LogP contribution is -2.20. The molecule has 1 heterocycles. The third-order valence-electron chi connectivity index (χ3n) is 2.94. The highest BCUT2D eigenvalue weighted by Crippen LogP contribution is 2.18. The third-order valence-corrected chi connectivity index (χ3v) is 2.94. The standard InChI is InChI=1S/C14H11N5O3/c20-14(15-9-4-3-5-10(8-9)19(21)22)18-13-16-11-6-1-2-7-12(11)17-13/h1-8H,(H3,15,16,17,18,20). The number of fused-ring (bicyclic) bond motifs is 1. The van der Waals surface area contributed by atoms with Crippen LogP contribution in [0.5, 0.6) is 0 Å². The molecule has 0 saturated carbocycles. The number of imidazole rings is 1. The van der Waals surface area contributed by atoms with Crippen molar-refractivity contribution in [2.45, 2.75) is 0 Å². The number of benzene rings is 2. The lowest BCUT2D eigenvalue weighted by molar-refractivity contribution is -0.384. The highest BCUT2D eigenvalue weighted by atomic mass is 16.6. The summed E-state index contributed by atoms with van der Waals surface area (Å²) in [7, 11) is 0. The average Bonchev–Trinajstić information content (AvgIpc) is 2.89. The molecule has 0 atom stereocenters. The van der Waals surface area contributed by atoms with Crippen LogP contribution in [0, 0.1) is 10.1 Å². The highest BCUT2D eigenvalue weighted by Gasteiger charge is 2.09. The van der Waals surface area contributed by atoms with Crippen LogP contribution in [-0.2, 0) is 0 Å². The smallest absolute Gasteiger partial charge is 0.324 e. The number of carbonyl (C=O) groups excluding carboxylic acids is 1. The van der Waals surface area contributed by atoms with Crippen molar-refractivity contribution in [2.24, 2.45) is 0 Å². The van der Waals surface area contributed by atoms with Crippen molar-refractivity contribution in [3.63, 3.8) is 0 Å². The normalized spacial score (nSPS) is 10.4. The predicted octanol–water partition coefficient (Wildman–Crippen LogP) is 3.12. The van der Waals surface area contributed by atoms with E-state index in [2.05, 4.69) is 20.6 Å². The first-order chi connectivity index (χ1) is 10.6. The number of carbonyl (C=O) groups is 1. The number of H-pyrrole nitrogens is 1. The number of nitrogens with one attached hydrogen (secondary N) is 3. The SMILES string of the molecule is O=C(Nc1cccc([N+](=O)[O-])c1)Nc1nc2ccccc2[nH]1. The van der Waals surface area contributed by atoms with Gasteiger partial charge >= 0.3 is 6.03 Å². The molecular weight excluding hydrogens is 286 g/mol. The van der Waals surface area contributed by atoms with Crippen LogP contribution in [-0.4, -0.2) is 20.9 Å². The summed E-state index contributed by atoms with van der Waals surface area (Å²) >= 11 is 0. The van der Waals surface area contributed by atoms with E-state index in [-0.39, 0.29) is 5.69 Å².